The fourth-order valence-corrected chi connectivity index (χ4v) is 3.37. The highest BCUT2D eigenvalue weighted by molar-refractivity contribution is 5.94. The Labute approximate surface area is 142 Å². The number of hydrogen-bond donors (Lipinski definition) is 2. The zero-order chi connectivity index (χ0) is 16.5. The highest BCUT2D eigenvalue weighted by Crippen LogP contribution is 2.41. The Morgan fingerprint density at radius 3 is 2.58 bits per heavy atom. The molecule has 1 fully saturated rings. The molecule has 1 aliphatic carbocycles. The number of ether oxygens (including phenoxy) is 1. The van der Waals surface area contributed by atoms with Crippen molar-refractivity contribution in [2.45, 2.75) is 32.0 Å². The molecule has 2 N–H and O–H groups in total. The predicted octanol–water partition coefficient (Wildman–Crippen LogP) is 3.18. The van der Waals surface area contributed by atoms with E-state index in [1.165, 1.54) is 24.0 Å². The fourth-order valence-electron chi connectivity index (χ4n) is 3.37. The van der Waals surface area contributed by atoms with Crippen molar-refractivity contribution in [3.05, 3.63) is 64.7 Å². The van der Waals surface area contributed by atoms with Gasteiger partial charge in [-0.3, -0.25) is 4.79 Å². The van der Waals surface area contributed by atoms with Crippen LogP contribution in [0.1, 0.15) is 45.9 Å². The Bertz CT molecular complexity index is 751. The van der Waals surface area contributed by atoms with E-state index in [1.54, 1.807) is 7.11 Å². The summed E-state index contributed by atoms with van der Waals surface area (Å²) in [5, 5.41) is 6.56. The van der Waals surface area contributed by atoms with Gasteiger partial charge in [0.1, 0.15) is 5.75 Å². The molecule has 1 aliphatic heterocycles. The maximum absolute atomic E-state index is 12.7. The topological polar surface area (TPSA) is 50.4 Å². The standard InChI is InChI=1S/C20H22N2O2/c1-24-18-8-6-14(7-9-18)19(13-2-3-13)22-20(23)15-4-5-16-11-21-12-17(16)10-15/h4-10,13,19,21H,2-3,11-12H2,1H3,(H,22,23). The molecule has 4 rings (SSSR count). The van der Waals surface area contributed by atoms with Gasteiger partial charge in [-0.15, -0.1) is 0 Å². The van der Waals surface area contributed by atoms with Crippen LogP contribution in [0.4, 0.5) is 0 Å². The third-order valence-electron chi connectivity index (χ3n) is 4.95. The van der Waals surface area contributed by atoms with Crippen molar-refractivity contribution in [3.8, 4) is 5.75 Å². The molecule has 0 saturated heterocycles. The van der Waals surface area contributed by atoms with Gasteiger partial charge in [0.25, 0.3) is 5.91 Å². The van der Waals surface area contributed by atoms with E-state index >= 15 is 0 Å². The van der Waals surface area contributed by atoms with Gasteiger partial charge in [-0.05, 0) is 59.7 Å². The van der Waals surface area contributed by atoms with E-state index in [4.69, 9.17) is 4.74 Å². The minimum absolute atomic E-state index is 0.0115. The molecule has 1 unspecified atom stereocenters. The summed E-state index contributed by atoms with van der Waals surface area (Å²) in [6.45, 7) is 1.74. The van der Waals surface area contributed by atoms with Crippen LogP contribution < -0.4 is 15.4 Å². The number of fused-ring (bicyclic) bond motifs is 1. The van der Waals surface area contributed by atoms with Crippen LogP contribution in [0, 0.1) is 5.92 Å². The van der Waals surface area contributed by atoms with Crippen LogP contribution in [0.3, 0.4) is 0 Å². The van der Waals surface area contributed by atoms with Gasteiger partial charge in [0, 0.05) is 18.7 Å². The van der Waals surface area contributed by atoms with Gasteiger partial charge >= 0.3 is 0 Å². The molecule has 124 valence electrons. The summed E-state index contributed by atoms with van der Waals surface area (Å²) in [4.78, 5) is 12.7. The number of nitrogens with one attached hydrogen (secondary N) is 2. The molecule has 1 saturated carbocycles. The molecule has 2 aromatic rings. The molecule has 1 atom stereocenters. The van der Waals surface area contributed by atoms with Crippen molar-refractivity contribution in [2.75, 3.05) is 7.11 Å². The van der Waals surface area contributed by atoms with E-state index in [-0.39, 0.29) is 11.9 Å². The lowest BCUT2D eigenvalue weighted by atomic mass is 10.0. The second-order valence-electron chi connectivity index (χ2n) is 6.65. The molecule has 0 radical (unpaired) electrons. The monoisotopic (exact) mass is 322 g/mol. The van der Waals surface area contributed by atoms with E-state index in [9.17, 15) is 4.79 Å². The highest BCUT2D eigenvalue weighted by Gasteiger charge is 2.33. The summed E-state index contributed by atoms with van der Waals surface area (Å²) in [6.07, 6.45) is 2.34. The van der Waals surface area contributed by atoms with Gasteiger partial charge < -0.3 is 15.4 Å². The number of hydrogen-bond acceptors (Lipinski definition) is 3. The first-order valence-electron chi connectivity index (χ1n) is 8.52. The largest absolute Gasteiger partial charge is 0.497 e. The van der Waals surface area contributed by atoms with Crippen molar-refractivity contribution < 1.29 is 9.53 Å². The first-order chi connectivity index (χ1) is 11.7. The molecule has 0 aromatic heterocycles. The second-order valence-corrected chi connectivity index (χ2v) is 6.65. The van der Waals surface area contributed by atoms with Crippen LogP contribution in [0.2, 0.25) is 0 Å². The van der Waals surface area contributed by atoms with Crippen LogP contribution in [0.25, 0.3) is 0 Å². The van der Waals surface area contributed by atoms with Gasteiger partial charge in [0.05, 0.1) is 13.2 Å². The summed E-state index contributed by atoms with van der Waals surface area (Å²) >= 11 is 0. The molecular formula is C20H22N2O2. The van der Waals surface area contributed by atoms with E-state index in [1.807, 2.05) is 24.3 Å². The normalized spacial score (nSPS) is 17.2. The molecule has 4 nitrogen and oxygen atoms in total. The lowest BCUT2D eigenvalue weighted by molar-refractivity contribution is 0.0931. The van der Waals surface area contributed by atoms with Gasteiger partial charge in [0.2, 0.25) is 0 Å². The fraction of sp³-hybridized carbons (Fsp3) is 0.350. The summed E-state index contributed by atoms with van der Waals surface area (Å²) in [6, 6.07) is 14.1. The average molecular weight is 322 g/mol. The van der Waals surface area contributed by atoms with Crippen LogP contribution >= 0.6 is 0 Å². The van der Waals surface area contributed by atoms with Gasteiger partial charge in [0.15, 0.2) is 0 Å². The lowest BCUT2D eigenvalue weighted by Gasteiger charge is -2.19. The van der Waals surface area contributed by atoms with Crippen molar-refractivity contribution in [1.82, 2.24) is 10.6 Å². The van der Waals surface area contributed by atoms with E-state index in [0.717, 1.165) is 30.0 Å². The minimum Gasteiger partial charge on any atom is -0.497 e. The number of amides is 1. The predicted molar refractivity (Wildman–Crippen MR) is 92.9 cm³/mol. The number of carbonyl (C=O) groups excluding carboxylic acids is 1. The Hall–Kier alpha value is -2.33. The molecule has 1 heterocycles. The number of methoxy groups -OCH3 is 1. The van der Waals surface area contributed by atoms with Crippen LogP contribution in [-0.4, -0.2) is 13.0 Å². The summed E-state index contributed by atoms with van der Waals surface area (Å²) in [5.41, 5.74) is 4.42. The van der Waals surface area contributed by atoms with Crippen LogP contribution in [-0.2, 0) is 13.1 Å². The van der Waals surface area contributed by atoms with Crippen molar-refractivity contribution >= 4 is 5.91 Å². The van der Waals surface area contributed by atoms with E-state index in [0.29, 0.717) is 5.92 Å². The van der Waals surface area contributed by atoms with Crippen molar-refractivity contribution in [1.29, 1.82) is 0 Å². The molecular weight excluding hydrogens is 300 g/mol. The second kappa shape index (κ2) is 6.29. The maximum atomic E-state index is 12.7. The smallest absolute Gasteiger partial charge is 0.251 e. The maximum Gasteiger partial charge on any atom is 0.251 e. The quantitative estimate of drug-likeness (QED) is 0.889. The van der Waals surface area contributed by atoms with Crippen molar-refractivity contribution in [3.63, 3.8) is 0 Å². The third kappa shape index (κ3) is 3.02. The third-order valence-corrected chi connectivity index (χ3v) is 4.95. The molecule has 2 aliphatic rings. The Morgan fingerprint density at radius 1 is 1.12 bits per heavy atom. The number of benzene rings is 2. The van der Waals surface area contributed by atoms with Gasteiger partial charge in [-0.2, -0.15) is 0 Å². The Kier molecular flexibility index (Phi) is 3.98. The van der Waals surface area contributed by atoms with Gasteiger partial charge in [-0.25, -0.2) is 0 Å². The minimum atomic E-state index is 0.0115. The highest BCUT2D eigenvalue weighted by atomic mass is 16.5. The first kappa shape index (κ1) is 15.2. The van der Waals surface area contributed by atoms with E-state index in [2.05, 4.69) is 28.8 Å². The lowest BCUT2D eigenvalue weighted by Crippen LogP contribution is -2.30. The zero-order valence-corrected chi connectivity index (χ0v) is 13.8. The first-order valence-corrected chi connectivity index (χ1v) is 8.52. The Morgan fingerprint density at radius 2 is 1.88 bits per heavy atom. The summed E-state index contributed by atoms with van der Waals surface area (Å²) < 4.78 is 5.22. The van der Waals surface area contributed by atoms with Gasteiger partial charge in [-0.1, -0.05) is 18.2 Å². The van der Waals surface area contributed by atoms with E-state index < -0.39 is 0 Å². The average Bonchev–Trinajstić information content (AvgIpc) is 3.35. The van der Waals surface area contributed by atoms with Crippen molar-refractivity contribution in [2.24, 2.45) is 5.92 Å². The summed E-state index contributed by atoms with van der Waals surface area (Å²) in [7, 11) is 1.66. The number of rotatable bonds is 5. The molecule has 0 spiro atoms. The summed E-state index contributed by atoms with van der Waals surface area (Å²) in [5.74, 6) is 1.39. The molecule has 0 bridgehead atoms. The Balaban J connectivity index is 1.53. The number of carbonyl (C=O) groups is 1. The zero-order valence-electron chi connectivity index (χ0n) is 13.8. The molecule has 1 amide bonds. The molecule has 4 heteroatoms. The molecule has 2 aromatic carbocycles. The van der Waals surface area contributed by atoms with Crippen LogP contribution in [0.15, 0.2) is 42.5 Å². The SMILES string of the molecule is COc1ccc(C(NC(=O)c2ccc3c(c2)CNC3)C2CC2)cc1. The molecule has 24 heavy (non-hydrogen) atoms. The van der Waals surface area contributed by atoms with Crippen LogP contribution in [0.5, 0.6) is 5.75 Å².